The molecule has 0 aliphatic heterocycles. The number of benzene rings is 7. The summed E-state index contributed by atoms with van der Waals surface area (Å²) in [5.74, 6) is 0. The third-order valence-corrected chi connectivity index (χ3v) is 9.88. The van der Waals surface area contributed by atoms with Gasteiger partial charge >= 0.3 is 0 Å². The number of fused-ring (bicyclic) bond motifs is 9. The van der Waals surface area contributed by atoms with E-state index >= 15 is 0 Å². The van der Waals surface area contributed by atoms with E-state index in [4.69, 9.17) is 0 Å². The molecule has 3 aromatic heterocycles. The number of para-hydroxylation sites is 4. The van der Waals surface area contributed by atoms with Gasteiger partial charge in [0.05, 0.1) is 62.1 Å². The zero-order valence-corrected chi connectivity index (χ0v) is 26.2. The van der Waals surface area contributed by atoms with E-state index in [2.05, 4.69) is 141 Å². The van der Waals surface area contributed by atoms with Crippen molar-refractivity contribution in [3.05, 3.63) is 163 Å². The Bertz CT molecular complexity index is 2940. The minimum atomic E-state index is 0.588. The van der Waals surface area contributed by atoms with Crippen LogP contribution in [0.5, 0.6) is 0 Å². The zero-order valence-electron chi connectivity index (χ0n) is 26.2. The second-order valence-electron chi connectivity index (χ2n) is 12.4. The highest BCUT2D eigenvalue weighted by Crippen LogP contribution is 2.40. The van der Waals surface area contributed by atoms with Gasteiger partial charge in [0.15, 0.2) is 0 Å². The largest absolute Gasteiger partial charge is 0.309 e. The molecular formula is C44H25N5. The first-order valence-electron chi connectivity index (χ1n) is 16.2. The van der Waals surface area contributed by atoms with Gasteiger partial charge in [-0.1, -0.05) is 66.7 Å². The second-order valence-corrected chi connectivity index (χ2v) is 12.4. The van der Waals surface area contributed by atoms with Crippen LogP contribution in [0.2, 0.25) is 0 Å². The molecule has 7 aromatic carbocycles. The fourth-order valence-electron chi connectivity index (χ4n) is 7.82. The first-order valence-corrected chi connectivity index (χ1v) is 16.2. The Balaban J connectivity index is 1.26. The molecule has 0 spiro atoms. The molecule has 0 amide bonds. The lowest BCUT2D eigenvalue weighted by atomic mass is 10.1. The Kier molecular flexibility index (Phi) is 5.64. The average Bonchev–Trinajstić information content (AvgIpc) is 3.80. The van der Waals surface area contributed by atoms with Gasteiger partial charge in [0.1, 0.15) is 0 Å². The topological polar surface area (TPSA) is 62.4 Å². The quantitative estimate of drug-likeness (QED) is 0.197. The van der Waals surface area contributed by atoms with Gasteiger partial charge in [0.25, 0.3) is 0 Å². The normalized spacial score (nSPS) is 11.6. The summed E-state index contributed by atoms with van der Waals surface area (Å²) < 4.78 is 6.98. The highest BCUT2D eigenvalue weighted by atomic mass is 15.1. The molecule has 0 bridgehead atoms. The van der Waals surface area contributed by atoms with Crippen LogP contribution in [0, 0.1) is 22.7 Å². The summed E-state index contributed by atoms with van der Waals surface area (Å²) in [7, 11) is 0. The SMILES string of the molecule is N#Cc1ccc2c(c1)c1cc(C#N)ccc1n2-c1cccc2c3ccccc3n(-c3ccc(-n4c5ccccc5c5ccccc54)cc3)c12. The van der Waals surface area contributed by atoms with E-state index in [9.17, 15) is 10.5 Å². The van der Waals surface area contributed by atoms with Gasteiger partial charge in [0.2, 0.25) is 0 Å². The van der Waals surface area contributed by atoms with Crippen LogP contribution in [0.1, 0.15) is 11.1 Å². The molecule has 10 aromatic rings. The number of nitriles is 2. The van der Waals surface area contributed by atoms with Gasteiger partial charge in [0, 0.05) is 43.7 Å². The van der Waals surface area contributed by atoms with Crippen molar-refractivity contribution < 1.29 is 0 Å². The third-order valence-electron chi connectivity index (χ3n) is 9.88. The molecule has 0 aliphatic carbocycles. The van der Waals surface area contributed by atoms with Crippen molar-refractivity contribution in [2.24, 2.45) is 0 Å². The zero-order chi connectivity index (χ0) is 32.6. The van der Waals surface area contributed by atoms with Crippen molar-refractivity contribution in [3.63, 3.8) is 0 Å². The number of hydrogen-bond donors (Lipinski definition) is 0. The maximum atomic E-state index is 9.75. The predicted molar refractivity (Wildman–Crippen MR) is 199 cm³/mol. The van der Waals surface area contributed by atoms with Crippen molar-refractivity contribution in [1.82, 2.24) is 13.7 Å². The van der Waals surface area contributed by atoms with Crippen LogP contribution in [0.15, 0.2) is 152 Å². The molecule has 0 aliphatic rings. The minimum absolute atomic E-state index is 0.588. The van der Waals surface area contributed by atoms with Crippen LogP contribution in [-0.2, 0) is 0 Å². The summed E-state index contributed by atoms with van der Waals surface area (Å²) >= 11 is 0. The van der Waals surface area contributed by atoms with Crippen LogP contribution in [-0.4, -0.2) is 13.7 Å². The molecule has 0 saturated heterocycles. The molecule has 226 valence electrons. The Morgan fingerprint density at radius 1 is 0.347 bits per heavy atom. The van der Waals surface area contributed by atoms with E-state index < -0.39 is 0 Å². The lowest BCUT2D eigenvalue weighted by Crippen LogP contribution is -2.01. The summed E-state index contributed by atoms with van der Waals surface area (Å²) in [6, 6.07) is 57.3. The molecule has 0 atom stereocenters. The summed E-state index contributed by atoms with van der Waals surface area (Å²) in [5.41, 5.74) is 10.9. The molecule has 5 heteroatoms. The van der Waals surface area contributed by atoms with E-state index in [-0.39, 0.29) is 0 Å². The molecule has 0 saturated carbocycles. The smallest absolute Gasteiger partial charge is 0.0991 e. The lowest BCUT2D eigenvalue weighted by molar-refractivity contribution is 1.12. The highest BCUT2D eigenvalue weighted by Gasteiger charge is 2.21. The Hall–Kier alpha value is -7.08. The van der Waals surface area contributed by atoms with Gasteiger partial charge in [-0.05, 0) is 84.9 Å². The summed E-state index contributed by atoms with van der Waals surface area (Å²) in [4.78, 5) is 0. The van der Waals surface area contributed by atoms with Gasteiger partial charge in [-0.15, -0.1) is 0 Å². The van der Waals surface area contributed by atoms with Crippen molar-refractivity contribution in [2.75, 3.05) is 0 Å². The molecule has 0 radical (unpaired) electrons. The van der Waals surface area contributed by atoms with Crippen molar-refractivity contribution in [3.8, 4) is 29.2 Å². The first kappa shape index (κ1) is 27.1. The molecule has 0 N–H and O–H groups in total. The highest BCUT2D eigenvalue weighted by molar-refractivity contribution is 6.15. The van der Waals surface area contributed by atoms with E-state index in [1.807, 2.05) is 36.4 Å². The minimum Gasteiger partial charge on any atom is -0.309 e. The fraction of sp³-hybridized carbons (Fsp3) is 0. The van der Waals surface area contributed by atoms with Crippen LogP contribution in [0.25, 0.3) is 82.5 Å². The van der Waals surface area contributed by atoms with Crippen molar-refractivity contribution >= 4 is 65.4 Å². The summed E-state index contributed by atoms with van der Waals surface area (Å²) in [6.07, 6.45) is 0. The molecule has 3 heterocycles. The maximum absolute atomic E-state index is 9.75. The Labute approximate surface area is 280 Å². The number of rotatable bonds is 3. The number of aromatic nitrogens is 3. The predicted octanol–water partition coefficient (Wildman–Crippen LogP) is 10.7. The monoisotopic (exact) mass is 623 g/mol. The van der Waals surface area contributed by atoms with E-state index in [1.54, 1.807) is 0 Å². The van der Waals surface area contributed by atoms with Crippen LogP contribution >= 0.6 is 0 Å². The molecule has 5 nitrogen and oxygen atoms in total. The Morgan fingerprint density at radius 2 is 0.776 bits per heavy atom. The van der Waals surface area contributed by atoms with Crippen molar-refractivity contribution in [1.29, 1.82) is 10.5 Å². The first-order chi connectivity index (χ1) is 24.2. The Morgan fingerprint density at radius 3 is 1.31 bits per heavy atom. The van der Waals surface area contributed by atoms with E-state index in [0.717, 1.165) is 55.3 Å². The van der Waals surface area contributed by atoms with Gasteiger partial charge < -0.3 is 13.7 Å². The molecule has 49 heavy (non-hydrogen) atoms. The number of hydrogen-bond acceptors (Lipinski definition) is 2. The van der Waals surface area contributed by atoms with Gasteiger partial charge in [-0.25, -0.2) is 0 Å². The molecule has 10 rings (SSSR count). The van der Waals surface area contributed by atoms with Crippen molar-refractivity contribution in [2.45, 2.75) is 0 Å². The summed E-state index contributed by atoms with van der Waals surface area (Å²) in [5, 5.41) is 26.2. The average molecular weight is 624 g/mol. The third kappa shape index (κ3) is 3.79. The molecular weight excluding hydrogens is 599 g/mol. The van der Waals surface area contributed by atoms with Crippen LogP contribution < -0.4 is 0 Å². The van der Waals surface area contributed by atoms with Gasteiger partial charge in [-0.2, -0.15) is 10.5 Å². The molecule has 0 fully saturated rings. The fourth-order valence-corrected chi connectivity index (χ4v) is 7.82. The number of nitrogens with zero attached hydrogens (tertiary/aromatic N) is 5. The van der Waals surface area contributed by atoms with Gasteiger partial charge in [-0.3, -0.25) is 0 Å². The summed E-state index contributed by atoms with van der Waals surface area (Å²) in [6.45, 7) is 0. The van der Waals surface area contributed by atoms with Crippen LogP contribution in [0.4, 0.5) is 0 Å². The second kappa shape index (κ2) is 10.2. The van der Waals surface area contributed by atoms with E-state index in [0.29, 0.717) is 11.1 Å². The molecule has 0 unspecified atom stereocenters. The lowest BCUT2D eigenvalue weighted by Gasteiger charge is -2.15. The van der Waals surface area contributed by atoms with E-state index in [1.165, 1.54) is 27.2 Å². The maximum Gasteiger partial charge on any atom is 0.0991 e. The van der Waals surface area contributed by atoms with Crippen LogP contribution in [0.3, 0.4) is 0 Å². The standard InChI is InChI=1S/C44H25N5/c45-26-28-16-22-41-36(24-28)37-25-29(27-46)17-23-42(37)49(41)43-15-7-11-35-34-10-3-6-14-40(34)48(44(35)43)31-20-18-30(19-21-31)47-38-12-4-1-8-32(38)33-9-2-5-13-39(33)47/h1-25H.